The standard InChI is InChI=1S/C12H15N5O/c1-3-6-14-11-15-10(16-12(17-11)18-2)9-4-7-13-8-5-9/h4-5,7-8H,3,6H2,1-2H3,(H,14,15,16,17). The Kier molecular flexibility index (Phi) is 4.01. The number of nitrogens with one attached hydrogen (secondary N) is 1. The van der Waals surface area contributed by atoms with Crippen molar-refractivity contribution in [3.8, 4) is 17.4 Å². The molecule has 2 aromatic heterocycles. The van der Waals surface area contributed by atoms with E-state index >= 15 is 0 Å². The van der Waals surface area contributed by atoms with Crippen molar-refractivity contribution in [3.05, 3.63) is 24.5 Å². The summed E-state index contributed by atoms with van der Waals surface area (Å²) >= 11 is 0. The molecule has 0 aliphatic heterocycles. The summed E-state index contributed by atoms with van der Waals surface area (Å²) in [4.78, 5) is 16.7. The van der Waals surface area contributed by atoms with Crippen LogP contribution in [0, 0.1) is 0 Å². The lowest BCUT2D eigenvalue weighted by Gasteiger charge is -2.07. The zero-order valence-electron chi connectivity index (χ0n) is 10.4. The number of hydrogen-bond donors (Lipinski definition) is 1. The van der Waals surface area contributed by atoms with Crippen LogP contribution in [-0.2, 0) is 0 Å². The topological polar surface area (TPSA) is 72.8 Å². The van der Waals surface area contributed by atoms with Crippen molar-refractivity contribution >= 4 is 5.95 Å². The molecule has 0 saturated carbocycles. The van der Waals surface area contributed by atoms with Crippen molar-refractivity contribution in [2.45, 2.75) is 13.3 Å². The summed E-state index contributed by atoms with van der Waals surface area (Å²) in [6, 6.07) is 3.99. The molecule has 94 valence electrons. The lowest BCUT2D eigenvalue weighted by Crippen LogP contribution is -2.07. The van der Waals surface area contributed by atoms with Gasteiger partial charge in [-0.3, -0.25) is 4.98 Å². The molecule has 0 radical (unpaired) electrons. The van der Waals surface area contributed by atoms with E-state index in [-0.39, 0.29) is 0 Å². The fourth-order valence-corrected chi connectivity index (χ4v) is 1.39. The van der Waals surface area contributed by atoms with Gasteiger partial charge in [-0.1, -0.05) is 6.92 Å². The van der Waals surface area contributed by atoms with Crippen LogP contribution in [0.2, 0.25) is 0 Å². The van der Waals surface area contributed by atoms with Crippen molar-refractivity contribution in [1.82, 2.24) is 19.9 Å². The van der Waals surface area contributed by atoms with E-state index in [2.05, 4.69) is 32.2 Å². The van der Waals surface area contributed by atoms with Crippen LogP contribution in [0.1, 0.15) is 13.3 Å². The number of anilines is 1. The molecule has 18 heavy (non-hydrogen) atoms. The van der Waals surface area contributed by atoms with Crippen LogP contribution in [0.5, 0.6) is 6.01 Å². The summed E-state index contributed by atoms with van der Waals surface area (Å²) in [5.41, 5.74) is 0.880. The molecule has 0 atom stereocenters. The lowest BCUT2D eigenvalue weighted by molar-refractivity contribution is 0.379. The first-order valence-corrected chi connectivity index (χ1v) is 5.78. The highest BCUT2D eigenvalue weighted by molar-refractivity contribution is 5.55. The number of pyridine rings is 1. The van der Waals surface area contributed by atoms with Gasteiger partial charge in [0.2, 0.25) is 5.95 Å². The Bertz CT molecular complexity index is 503. The number of hydrogen-bond acceptors (Lipinski definition) is 6. The molecule has 0 saturated heterocycles. The predicted octanol–water partition coefficient (Wildman–Crippen LogP) is 1.76. The molecule has 0 fully saturated rings. The summed E-state index contributed by atoms with van der Waals surface area (Å²) in [5.74, 6) is 1.10. The monoisotopic (exact) mass is 245 g/mol. The largest absolute Gasteiger partial charge is 0.467 e. The first-order chi connectivity index (χ1) is 8.83. The average molecular weight is 245 g/mol. The van der Waals surface area contributed by atoms with E-state index < -0.39 is 0 Å². The van der Waals surface area contributed by atoms with Crippen molar-refractivity contribution in [1.29, 1.82) is 0 Å². The molecule has 0 amide bonds. The first-order valence-electron chi connectivity index (χ1n) is 5.78. The highest BCUT2D eigenvalue weighted by atomic mass is 16.5. The van der Waals surface area contributed by atoms with E-state index in [1.807, 2.05) is 12.1 Å². The minimum Gasteiger partial charge on any atom is -0.467 e. The molecule has 0 aliphatic rings. The third kappa shape index (κ3) is 2.91. The Morgan fingerprint density at radius 3 is 2.61 bits per heavy atom. The van der Waals surface area contributed by atoms with Crippen molar-refractivity contribution in [2.24, 2.45) is 0 Å². The SMILES string of the molecule is CCCNc1nc(OC)nc(-c2ccncc2)n1. The van der Waals surface area contributed by atoms with Crippen LogP contribution in [0.4, 0.5) is 5.95 Å². The van der Waals surface area contributed by atoms with E-state index in [1.54, 1.807) is 12.4 Å². The molecule has 6 nitrogen and oxygen atoms in total. The number of rotatable bonds is 5. The summed E-state index contributed by atoms with van der Waals surface area (Å²) in [6.45, 7) is 2.89. The Morgan fingerprint density at radius 1 is 1.17 bits per heavy atom. The van der Waals surface area contributed by atoms with Crippen LogP contribution in [0.25, 0.3) is 11.4 Å². The van der Waals surface area contributed by atoms with E-state index in [1.165, 1.54) is 7.11 Å². The maximum atomic E-state index is 5.08. The van der Waals surface area contributed by atoms with Gasteiger partial charge in [0.15, 0.2) is 5.82 Å². The number of methoxy groups -OCH3 is 1. The second-order valence-electron chi connectivity index (χ2n) is 3.63. The van der Waals surface area contributed by atoms with Crippen LogP contribution in [0.15, 0.2) is 24.5 Å². The fraction of sp³-hybridized carbons (Fsp3) is 0.333. The fourth-order valence-electron chi connectivity index (χ4n) is 1.39. The lowest BCUT2D eigenvalue weighted by atomic mass is 10.2. The Morgan fingerprint density at radius 2 is 1.94 bits per heavy atom. The molecule has 2 rings (SSSR count). The van der Waals surface area contributed by atoms with Gasteiger partial charge in [-0.2, -0.15) is 15.0 Å². The number of aromatic nitrogens is 4. The Labute approximate surface area is 105 Å². The van der Waals surface area contributed by atoms with E-state index in [9.17, 15) is 0 Å². The van der Waals surface area contributed by atoms with Gasteiger partial charge >= 0.3 is 6.01 Å². The smallest absolute Gasteiger partial charge is 0.321 e. The van der Waals surface area contributed by atoms with E-state index in [4.69, 9.17) is 4.74 Å². The summed E-state index contributed by atoms with van der Waals surface area (Å²) < 4.78 is 5.08. The van der Waals surface area contributed by atoms with Crippen LogP contribution in [-0.4, -0.2) is 33.6 Å². The van der Waals surface area contributed by atoms with Crippen molar-refractivity contribution in [2.75, 3.05) is 19.0 Å². The molecule has 2 heterocycles. The molecule has 0 bridgehead atoms. The van der Waals surface area contributed by atoms with Crippen LogP contribution < -0.4 is 10.1 Å². The van der Waals surface area contributed by atoms with Gasteiger partial charge in [0.05, 0.1) is 7.11 Å². The molecule has 1 N–H and O–H groups in total. The van der Waals surface area contributed by atoms with Crippen LogP contribution >= 0.6 is 0 Å². The van der Waals surface area contributed by atoms with Crippen LogP contribution in [0.3, 0.4) is 0 Å². The van der Waals surface area contributed by atoms with E-state index in [0.717, 1.165) is 18.5 Å². The number of nitrogens with zero attached hydrogens (tertiary/aromatic N) is 4. The molecular weight excluding hydrogens is 230 g/mol. The third-order valence-corrected chi connectivity index (χ3v) is 2.27. The molecule has 2 aromatic rings. The van der Waals surface area contributed by atoms with Crippen molar-refractivity contribution in [3.63, 3.8) is 0 Å². The zero-order chi connectivity index (χ0) is 12.8. The molecular formula is C12H15N5O. The zero-order valence-corrected chi connectivity index (χ0v) is 10.4. The van der Waals surface area contributed by atoms with Gasteiger partial charge in [-0.15, -0.1) is 0 Å². The Hall–Kier alpha value is -2.24. The Balaban J connectivity index is 2.35. The third-order valence-electron chi connectivity index (χ3n) is 2.27. The number of ether oxygens (including phenoxy) is 1. The van der Waals surface area contributed by atoms with Crippen molar-refractivity contribution < 1.29 is 4.74 Å². The highest BCUT2D eigenvalue weighted by Crippen LogP contribution is 2.17. The highest BCUT2D eigenvalue weighted by Gasteiger charge is 2.08. The van der Waals surface area contributed by atoms with Gasteiger partial charge < -0.3 is 10.1 Å². The van der Waals surface area contributed by atoms with E-state index in [0.29, 0.717) is 17.8 Å². The molecule has 0 spiro atoms. The van der Waals surface area contributed by atoms with Gasteiger partial charge in [0.25, 0.3) is 0 Å². The maximum Gasteiger partial charge on any atom is 0.321 e. The van der Waals surface area contributed by atoms with Gasteiger partial charge in [-0.05, 0) is 18.6 Å². The van der Waals surface area contributed by atoms with Gasteiger partial charge in [0.1, 0.15) is 0 Å². The normalized spacial score (nSPS) is 10.1. The second-order valence-corrected chi connectivity index (χ2v) is 3.63. The maximum absolute atomic E-state index is 5.08. The quantitative estimate of drug-likeness (QED) is 0.865. The molecule has 0 aliphatic carbocycles. The second kappa shape index (κ2) is 5.90. The predicted molar refractivity (Wildman–Crippen MR) is 68.4 cm³/mol. The molecule has 0 unspecified atom stereocenters. The average Bonchev–Trinajstić information content (AvgIpc) is 2.45. The summed E-state index contributed by atoms with van der Waals surface area (Å²) in [6.07, 6.45) is 4.40. The first kappa shape index (κ1) is 12.2. The molecule has 0 aromatic carbocycles. The molecule has 6 heteroatoms. The summed E-state index contributed by atoms with van der Waals surface area (Å²) in [7, 11) is 1.54. The minimum atomic E-state index is 0.301. The van der Waals surface area contributed by atoms with Gasteiger partial charge in [-0.25, -0.2) is 0 Å². The summed E-state index contributed by atoms with van der Waals surface area (Å²) in [5, 5.41) is 3.12. The van der Waals surface area contributed by atoms with Gasteiger partial charge in [0, 0.05) is 24.5 Å². The minimum absolute atomic E-state index is 0.301.